The van der Waals surface area contributed by atoms with Gasteiger partial charge in [0.05, 0.1) is 32.3 Å². The van der Waals surface area contributed by atoms with Crippen molar-refractivity contribution in [2.45, 2.75) is 33.0 Å². The Bertz CT molecular complexity index is 475. The molecule has 0 spiro atoms. The third-order valence-corrected chi connectivity index (χ3v) is 4.22. The van der Waals surface area contributed by atoms with E-state index in [0.29, 0.717) is 17.1 Å². The van der Waals surface area contributed by atoms with Gasteiger partial charge in [-0.25, -0.2) is 0 Å². The van der Waals surface area contributed by atoms with Crippen LogP contribution in [0.3, 0.4) is 0 Å². The molecule has 1 fully saturated rings. The Morgan fingerprint density at radius 3 is 2.00 bits per heavy atom. The van der Waals surface area contributed by atoms with Gasteiger partial charge in [-0.3, -0.25) is 4.79 Å². The first kappa shape index (κ1) is 14.9. The molecule has 1 heterocycles. The minimum atomic E-state index is -0.171. The van der Waals surface area contributed by atoms with Crippen LogP contribution in [0.25, 0.3) is 0 Å². The van der Waals surface area contributed by atoms with Gasteiger partial charge < -0.3 is 14.2 Å². The highest BCUT2D eigenvalue weighted by molar-refractivity contribution is 6.03. The zero-order chi connectivity index (χ0) is 14.9. The molecule has 1 aromatic carbocycles. The number of carbonyl (C=O) groups is 1. The van der Waals surface area contributed by atoms with Gasteiger partial charge in [-0.1, -0.05) is 13.0 Å². The van der Waals surface area contributed by atoms with E-state index in [-0.39, 0.29) is 29.8 Å². The number of benzene rings is 1. The number of carbonyl (C=O) groups excluding carboxylic acids is 1. The molecule has 0 aliphatic carbocycles. The summed E-state index contributed by atoms with van der Waals surface area (Å²) < 4.78 is 16.4. The number of Topliss-reactive ketones (excluding diaryl/α,β-unsaturated/α-hetero) is 1. The van der Waals surface area contributed by atoms with E-state index in [1.807, 2.05) is 19.9 Å². The third kappa shape index (κ3) is 2.40. The highest BCUT2D eigenvalue weighted by atomic mass is 16.5. The molecule has 4 atom stereocenters. The first-order chi connectivity index (χ1) is 9.51. The van der Waals surface area contributed by atoms with E-state index < -0.39 is 0 Å². The number of ketones is 1. The molecule has 0 bridgehead atoms. The van der Waals surface area contributed by atoms with Gasteiger partial charge in [0, 0.05) is 0 Å². The van der Waals surface area contributed by atoms with Crippen molar-refractivity contribution in [3.8, 4) is 11.5 Å². The predicted molar refractivity (Wildman–Crippen MR) is 76.5 cm³/mol. The lowest BCUT2D eigenvalue weighted by atomic mass is 9.83. The van der Waals surface area contributed by atoms with Crippen molar-refractivity contribution in [3.63, 3.8) is 0 Å². The van der Waals surface area contributed by atoms with E-state index in [1.54, 1.807) is 26.4 Å². The van der Waals surface area contributed by atoms with Gasteiger partial charge in [0.15, 0.2) is 5.78 Å². The van der Waals surface area contributed by atoms with Gasteiger partial charge >= 0.3 is 0 Å². The number of rotatable bonds is 4. The summed E-state index contributed by atoms with van der Waals surface area (Å²) in [6, 6.07) is 5.38. The van der Waals surface area contributed by atoms with E-state index in [1.165, 1.54) is 0 Å². The van der Waals surface area contributed by atoms with Crippen LogP contribution in [-0.2, 0) is 4.74 Å². The second kappa shape index (κ2) is 5.83. The van der Waals surface area contributed by atoms with E-state index in [0.717, 1.165) is 0 Å². The largest absolute Gasteiger partial charge is 0.496 e. The predicted octanol–water partition coefficient (Wildman–Crippen LogP) is 2.95. The molecule has 0 radical (unpaired) electrons. The molecule has 0 saturated carbocycles. The maximum atomic E-state index is 12.9. The first-order valence-corrected chi connectivity index (χ1v) is 6.92. The monoisotopic (exact) mass is 278 g/mol. The number of methoxy groups -OCH3 is 2. The van der Waals surface area contributed by atoms with E-state index >= 15 is 0 Å². The average molecular weight is 278 g/mol. The highest BCUT2D eigenvalue weighted by Crippen LogP contribution is 2.39. The zero-order valence-electron chi connectivity index (χ0n) is 12.7. The zero-order valence-corrected chi connectivity index (χ0v) is 12.7. The molecule has 0 N–H and O–H groups in total. The Morgan fingerprint density at radius 2 is 1.60 bits per heavy atom. The fourth-order valence-corrected chi connectivity index (χ4v) is 2.98. The number of ether oxygens (including phenoxy) is 3. The van der Waals surface area contributed by atoms with Gasteiger partial charge in [0.1, 0.15) is 17.1 Å². The van der Waals surface area contributed by atoms with Crippen LogP contribution < -0.4 is 9.47 Å². The van der Waals surface area contributed by atoms with Gasteiger partial charge in [-0.15, -0.1) is 0 Å². The minimum Gasteiger partial charge on any atom is -0.496 e. The lowest BCUT2D eigenvalue weighted by Crippen LogP contribution is -2.27. The second-order valence-corrected chi connectivity index (χ2v) is 5.33. The highest BCUT2D eigenvalue weighted by Gasteiger charge is 2.43. The molecule has 4 unspecified atom stereocenters. The van der Waals surface area contributed by atoms with Gasteiger partial charge in [-0.05, 0) is 31.9 Å². The van der Waals surface area contributed by atoms with Crippen molar-refractivity contribution in [3.05, 3.63) is 23.8 Å². The quantitative estimate of drug-likeness (QED) is 0.794. The van der Waals surface area contributed by atoms with Crippen molar-refractivity contribution in [2.75, 3.05) is 14.2 Å². The smallest absolute Gasteiger partial charge is 0.176 e. The van der Waals surface area contributed by atoms with E-state index in [9.17, 15) is 4.79 Å². The molecule has 1 aliphatic rings. The van der Waals surface area contributed by atoms with E-state index in [4.69, 9.17) is 14.2 Å². The second-order valence-electron chi connectivity index (χ2n) is 5.33. The van der Waals surface area contributed by atoms with E-state index in [2.05, 4.69) is 6.92 Å². The molecule has 4 nitrogen and oxygen atoms in total. The summed E-state index contributed by atoms with van der Waals surface area (Å²) in [6.07, 6.45) is -0.0122. The fourth-order valence-electron chi connectivity index (χ4n) is 2.98. The molecular weight excluding hydrogens is 256 g/mol. The van der Waals surface area contributed by atoms with Crippen LogP contribution in [-0.4, -0.2) is 32.2 Å². The maximum Gasteiger partial charge on any atom is 0.176 e. The fraction of sp³-hybridized carbons (Fsp3) is 0.562. The van der Waals surface area contributed by atoms with Gasteiger partial charge in [-0.2, -0.15) is 0 Å². The van der Waals surface area contributed by atoms with Crippen molar-refractivity contribution >= 4 is 5.78 Å². The van der Waals surface area contributed by atoms with Crippen LogP contribution in [0, 0.1) is 11.8 Å². The molecule has 1 aliphatic heterocycles. The molecule has 2 rings (SSSR count). The first-order valence-electron chi connectivity index (χ1n) is 6.92. The number of hydrogen-bond donors (Lipinski definition) is 0. The molecular formula is C16H22O4. The third-order valence-electron chi connectivity index (χ3n) is 4.22. The average Bonchev–Trinajstić information content (AvgIpc) is 2.70. The van der Waals surface area contributed by atoms with Crippen LogP contribution in [0.4, 0.5) is 0 Å². The molecule has 0 amide bonds. The molecule has 4 heteroatoms. The summed E-state index contributed by atoms with van der Waals surface area (Å²) in [5.74, 6) is 1.13. The summed E-state index contributed by atoms with van der Waals surface area (Å²) >= 11 is 0. The van der Waals surface area contributed by atoms with Crippen molar-refractivity contribution in [1.29, 1.82) is 0 Å². The van der Waals surface area contributed by atoms with Crippen molar-refractivity contribution < 1.29 is 19.0 Å². The number of hydrogen-bond acceptors (Lipinski definition) is 4. The molecule has 20 heavy (non-hydrogen) atoms. The van der Waals surface area contributed by atoms with Crippen molar-refractivity contribution in [1.82, 2.24) is 0 Å². The van der Waals surface area contributed by atoms with Crippen LogP contribution in [0.15, 0.2) is 18.2 Å². The van der Waals surface area contributed by atoms with Crippen molar-refractivity contribution in [2.24, 2.45) is 11.8 Å². The topological polar surface area (TPSA) is 44.8 Å². The Balaban J connectivity index is 2.43. The Kier molecular flexibility index (Phi) is 4.33. The summed E-state index contributed by atoms with van der Waals surface area (Å²) in [7, 11) is 3.12. The van der Waals surface area contributed by atoms with Gasteiger partial charge in [0.2, 0.25) is 0 Å². The summed E-state index contributed by atoms with van der Waals surface area (Å²) in [5, 5.41) is 0. The summed E-state index contributed by atoms with van der Waals surface area (Å²) in [5.41, 5.74) is 0.513. The van der Waals surface area contributed by atoms with Crippen LogP contribution in [0.1, 0.15) is 31.1 Å². The van der Waals surface area contributed by atoms with Gasteiger partial charge in [0.25, 0.3) is 0 Å². The van der Waals surface area contributed by atoms with Crippen LogP contribution in [0.2, 0.25) is 0 Å². The standard InChI is InChI=1S/C16H22O4/c1-9-10(2)20-11(3)14(9)16(17)15-12(18-4)7-6-8-13(15)19-5/h6-11,14H,1-5H3. The lowest BCUT2D eigenvalue weighted by Gasteiger charge is -2.20. The maximum absolute atomic E-state index is 12.9. The summed E-state index contributed by atoms with van der Waals surface area (Å²) in [6.45, 7) is 6.01. The molecule has 0 aromatic heterocycles. The molecule has 110 valence electrons. The summed E-state index contributed by atoms with van der Waals surface area (Å²) in [4.78, 5) is 12.9. The minimum absolute atomic E-state index is 0.0312. The Morgan fingerprint density at radius 1 is 1.05 bits per heavy atom. The SMILES string of the molecule is COc1cccc(OC)c1C(=O)C1C(C)OC(C)C1C. The Labute approximate surface area is 120 Å². The van der Waals surface area contributed by atoms with Crippen LogP contribution >= 0.6 is 0 Å². The Hall–Kier alpha value is -1.55. The normalized spacial score (nSPS) is 29.2. The lowest BCUT2D eigenvalue weighted by molar-refractivity contribution is 0.0490. The molecule has 1 aromatic rings. The van der Waals surface area contributed by atoms with Crippen LogP contribution in [0.5, 0.6) is 11.5 Å². The molecule has 1 saturated heterocycles.